The number of carboxylic acids is 1. The monoisotopic (exact) mass is 1220 g/mol. The van der Waals surface area contributed by atoms with Gasteiger partial charge in [-0.15, -0.1) is 11.8 Å². The number of hydrogen-bond donors (Lipinski definition) is 11. The number of carbonyl (C=O) groups is 11. The largest absolute Gasteiger partial charge is 0.480 e. The van der Waals surface area contributed by atoms with Gasteiger partial charge in [0.2, 0.25) is 59.1 Å². The number of amides is 10. The predicted octanol–water partition coefficient (Wildman–Crippen LogP) is -1.30. The third-order valence-electron chi connectivity index (χ3n) is 15.9. The van der Waals surface area contributed by atoms with E-state index in [0.717, 1.165) is 31.0 Å². The summed E-state index contributed by atoms with van der Waals surface area (Å²) in [6.45, 7) is 5.90. The Balaban J connectivity index is 1.38. The van der Waals surface area contributed by atoms with E-state index < -0.39 is 125 Å². The van der Waals surface area contributed by atoms with Gasteiger partial charge in [-0.25, -0.2) is 4.79 Å². The second kappa shape index (κ2) is 35.0. The van der Waals surface area contributed by atoms with Crippen molar-refractivity contribution < 1.29 is 63.0 Å². The Morgan fingerprint density at radius 2 is 1.27 bits per heavy atom. The average Bonchev–Trinajstić information content (AvgIpc) is 4.23. The van der Waals surface area contributed by atoms with Gasteiger partial charge in [0.25, 0.3) is 0 Å². The van der Waals surface area contributed by atoms with Crippen molar-refractivity contribution in [2.45, 2.75) is 196 Å². The van der Waals surface area contributed by atoms with E-state index in [4.69, 9.17) is 22.9 Å². The summed E-state index contributed by atoms with van der Waals surface area (Å²) in [6, 6.07) is -2.55. The van der Waals surface area contributed by atoms with E-state index in [-0.39, 0.29) is 101 Å². The first-order chi connectivity index (χ1) is 41.1. The van der Waals surface area contributed by atoms with E-state index in [0.29, 0.717) is 63.5 Å². The van der Waals surface area contributed by atoms with Gasteiger partial charge in [-0.05, 0) is 95.1 Å². The van der Waals surface area contributed by atoms with Crippen LogP contribution in [0, 0.1) is 5.92 Å². The number of rotatable bonds is 35. The summed E-state index contributed by atoms with van der Waals surface area (Å²) < 4.78 is 0. The highest BCUT2D eigenvalue weighted by molar-refractivity contribution is 8.00. The Labute approximate surface area is 507 Å². The lowest BCUT2D eigenvalue weighted by Crippen LogP contribution is -2.61. The number of benzene rings is 1. The van der Waals surface area contributed by atoms with Crippen LogP contribution < -0.4 is 49.5 Å². The molecule has 4 saturated heterocycles. The molecule has 1 aromatic carbocycles. The Kier molecular flexibility index (Phi) is 28.5. The molecular weight excluding hydrogens is 1130 g/mol. The lowest BCUT2D eigenvalue weighted by atomic mass is 10.0. The molecule has 15 N–H and O–H groups in total. The SMILES string of the molecule is CCCCCCN1C(=O)CC(SC[C@H](NC(=O)[C@@H]2CCCN2C(=O)[C@@H]2CCCN2C(=O)[C@H](CCCN=C(N)N)NC(=O)[C@@H](N)CCCCN)C(=O)N[C@@H](Cc2ccccc2)C(=O)N[C@@H](CO)C(=O)N2CCC[C@H]2C(=O)N[C@@H](CC(C)C)C(=O)O)C1=O. The van der Waals surface area contributed by atoms with Crippen LogP contribution in [0.15, 0.2) is 35.3 Å². The number of carboxylic acid groups (broad SMARTS) is 1. The first kappa shape index (κ1) is 69.9. The zero-order chi connectivity index (χ0) is 63.0. The van der Waals surface area contributed by atoms with Crippen molar-refractivity contribution in [2.24, 2.45) is 33.8 Å². The number of aliphatic imine (C=N–C) groups is 1. The van der Waals surface area contributed by atoms with E-state index in [9.17, 15) is 63.0 Å². The van der Waals surface area contributed by atoms with Gasteiger partial charge < -0.3 is 74.4 Å². The predicted molar refractivity (Wildman–Crippen MR) is 321 cm³/mol. The topological polar surface area (TPSA) is 418 Å². The lowest BCUT2D eigenvalue weighted by molar-refractivity contribution is -0.148. The van der Waals surface area contributed by atoms with Crippen molar-refractivity contribution in [1.82, 2.24) is 46.2 Å². The molecule has 5 rings (SSSR count). The summed E-state index contributed by atoms with van der Waals surface area (Å²) in [5.74, 6) is -8.25. The molecule has 1 aromatic rings. The molecule has 478 valence electrons. The first-order valence-electron chi connectivity index (χ1n) is 30.4. The maximum atomic E-state index is 14.9. The number of imide groups is 1. The number of likely N-dealkylation sites (tertiary alicyclic amines) is 4. The normalized spacial score (nSPS) is 20.6. The Morgan fingerprint density at radius 3 is 1.88 bits per heavy atom. The van der Waals surface area contributed by atoms with Gasteiger partial charge in [0, 0.05) is 51.3 Å². The molecule has 10 amide bonds. The van der Waals surface area contributed by atoms with Gasteiger partial charge in [0.15, 0.2) is 5.96 Å². The zero-order valence-electron chi connectivity index (χ0n) is 50.0. The first-order valence-corrected chi connectivity index (χ1v) is 31.4. The number of carbonyl (C=O) groups excluding carboxylic acids is 10. The van der Waals surface area contributed by atoms with Crippen molar-refractivity contribution in [1.29, 1.82) is 0 Å². The van der Waals surface area contributed by atoms with Crippen molar-refractivity contribution in [3.05, 3.63) is 35.9 Å². The van der Waals surface area contributed by atoms with Crippen molar-refractivity contribution in [3.63, 3.8) is 0 Å². The average molecular weight is 1230 g/mol. The summed E-state index contributed by atoms with van der Waals surface area (Å²) in [6.07, 6.45) is 6.91. The molecule has 4 aliphatic rings. The summed E-state index contributed by atoms with van der Waals surface area (Å²) in [5, 5.41) is 32.9. The fraction of sp³-hybridized carbons (Fsp3) is 0.690. The molecule has 27 nitrogen and oxygen atoms in total. The van der Waals surface area contributed by atoms with E-state index in [1.54, 1.807) is 44.2 Å². The molecule has 10 atom stereocenters. The van der Waals surface area contributed by atoms with Crippen LogP contribution in [0.3, 0.4) is 0 Å². The van der Waals surface area contributed by atoms with Gasteiger partial charge in [-0.3, -0.25) is 57.8 Å². The highest BCUT2D eigenvalue weighted by Gasteiger charge is 2.46. The number of nitrogens with zero attached hydrogens (tertiary/aromatic N) is 5. The maximum absolute atomic E-state index is 14.9. The van der Waals surface area contributed by atoms with Crippen LogP contribution >= 0.6 is 11.8 Å². The van der Waals surface area contributed by atoms with Crippen LogP contribution in [0.1, 0.15) is 135 Å². The van der Waals surface area contributed by atoms with E-state index in [2.05, 4.69) is 31.6 Å². The van der Waals surface area contributed by atoms with Crippen LogP contribution in [0.5, 0.6) is 0 Å². The smallest absolute Gasteiger partial charge is 0.326 e. The number of guanidine groups is 1. The van der Waals surface area contributed by atoms with Gasteiger partial charge in [0.05, 0.1) is 17.9 Å². The zero-order valence-corrected chi connectivity index (χ0v) is 50.8. The van der Waals surface area contributed by atoms with Crippen LogP contribution in [0.25, 0.3) is 0 Å². The molecule has 4 heterocycles. The van der Waals surface area contributed by atoms with Gasteiger partial charge in [0.1, 0.15) is 48.3 Å². The fourth-order valence-corrected chi connectivity index (χ4v) is 12.5. The molecule has 28 heteroatoms. The quantitative estimate of drug-likeness (QED) is 0.0163. The van der Waals surface area contributed by atoms with Gasteiger partial charge in [-0.1, -0.05) is 76.8 Å². The molecule has 1 unspecified atom stereocenters. The minimum atomic E-state index is -1.62. The number of aliphatic hydroxyl groups excluding tert-OH is 1. The summed E-state index contributed by atoms with van der Waals surface area (Å²) >= 11 is 0.975. The molecule has 0 spiro atoms. The number of nitrogens with one attached hydrogen (secondary N) is 5. The number of hydrogen-bond acceptors (Lipinski definition) is 16. The molecule has 86 heavy (non-hydrogen) atoms. The van der Waals surface area contributed by atoms with Crippen LogP contribution in [-0.2, 0) is 59.2 Å². The summed E-state index contributed by atoms with van der Waals surface area (Å²) in [7, 11) is 0. The third-order valence-corrected chi connectivity index (χ3v) is 17.2. The minimum absolute atomic E-state index is 0.0657. The third kappa shape index (κ3) is 20.4. The van der Waals surface area contributed by atoms with Crippen molar-refractivity contribution in [3.8, 4) is 0 Å². The van der Waals surface area contributed by atoms with Crippen LogP contribution in [-0.4, -0.2) is 212 Å². The van der Waals surface area contributed by atoms with E-state index in [1.807, 2.05) is 6.92 Å². The van der Waals surface area contributed by atoms with E-state index in [1.165, 1.54) is 19.6 Å². The number of thioether (sulfide) groups is 1. The van der Waals surface area contributed by atoms with Crippen LogP contribution in [0.4, 0.5) is 0 Å². The molecule has 0 aromatic heterocycles. The number of aliphatic hydroxyl groups is 1. The summed E-state index contributed by atoms with van der Waals surface area (Å²) in [4.78, 5) is 162. The molecule has 0 radical (unpaired) electrons. The Morgan fingerprint density at radius 1 is 0.686 bits per heavy atom. The number of unbranched alkanes of at least 4 members (excludes halogenated alkanes) is 4. The van der Waals surface area contributed by atoms with Gasteiger partial charge in [-0.2, -0.15) is 0 Å². The van der Waals surface area contributed by atoms with Crippen molar-refractivity contribution in [2.75, 3.05) is 51.6 Å². The van der Waals surface area contributed by atoms with Gasteiger partial charge >= 0.3 is 5.97 Å². The minimum Gasteiger partial charge on any atom is -0.480 e. The highest BCUT2D eigenvalue weighted by atomic mass is 32.2. The molecule has 0 aliphatic carbocycles. The molecule has 0 saturated carbocycles. The number of nitrogens with two attached hydrogens (primary N) is 4. The second-order valence-electron chi connectivity index (χ2n) is 23.0. The Hall–Kier alpha value is -6.91. The van der Waals surface area contributed by atoms with Crippen molar-refractivity contribution >= 4 is 82.8 Å². The molecule has 0 bridgehead atoms. The fourth-order valence-electron chi connectivity index (χ4n) is 11.3. The number of aliphatic carboxylic acids is 1. The molecule has 4 aliphatic heterocycles. The second-order valence-corrected chi connectivity index (χ2v) is 24.3. The molecular formula is C58H92N14O13S. The standard InChI is InChI=1S/C58H92N14O13S/c1-4-5-6-12-26-72-47(74)32-46(56(72)83)86-34-42(50(77)65-39(31-36-17-8-7-9-18-36)49(76)67-41(33-73)54(81)69-27-14-21-43(69)51(78)66-40(57(84)85)30-35(2)3)68-52(79)44-22-15-28-70(44)55(82)45-23-16-29-71(45)53(80)38(20-13-25-63-58(61)62)64-48(75)37(60)19-10-11-24-59/h7-9,17-18,35,37-46,73H,4-6,10-16,19-34,59-60H2,1-3H3,(H,64,75)(H,65,77)(H,66,78)(H,67,76)(H,68,79)(H,84,85)(H4,61,62,63)/t37-,38-,39-,40-,41-,42-,43-,44-,45-,46?/m0/s1. The van der Waals surface area contributed by atoms with E-state index >= 15 is 0 Å². The maximum Gasteiger partial charge on any atom is 0.326 e. The summed E-state index contributed by atoms with van der Waals surface area (Å²) in [5.41, 5.74) is 23.5. The highest BCUT2D eigenvalue weighted by Crippen LogP contribution is 2.29. The Bertz CT molecular complexity index is 2540. The molecule has 4 fully saturated rings. The van der Waals surface area contributed by atoms with Crippen LogP contribution in [0.2, 0.25) is 0 Å². The lowest BCUT2D eigenvalue weighted by Gasteiger charge is -2.33.